The molecule has 0 bridgehead atoms. The number of rotatable bonds is 7. The molecule has 0 spiro atoms. The number of para-hydroxylation sites is 3. The van der Waals surface area contributed by atoms with Crippen LogP contribution in [0.25, 0.3) is 0 Å². The standard InChI is InChI=1S/C24H24N2O3/c1-17(2)16-25-23(27)18-12-14-19(15-13-18)24(28)26-21-10-6-7-11-22(21)29-20-8-4-3-5-9-20/h3-15,17H,16H2,1-2H3,(H,25,27)(H,26,28). The molecule has 0 unspecified atom stereocenters. The van der Waals surface area contributed by atoms with Gasteiger partial charge in [0.05, 0.1) is 5.69 Å². The third-order valence-corrected chi connectivity index (χ3v) is 4.19. The lowest BCUT2D eigenvalue weighted by Gasteiger charge is -2.12. The van der Waals surface area contributed by atoms with Gasteiger partial charge in [-0.15, -0.1) is 0 Å². The SMILES string of the molecule is CC(C)CNC(=O)c1ccc(C(=O)Nc2ccccc2Oc2ccccc2)cc1. The van der Waals surface area contributed by atoms with Gasteiger partial charge < -0.3 is 15.4 Å². The zero-order valence-electron chi connectivity index (χ0n) is 16.5. The summed E-state index contributed by atoms with van der Waals surface area (Å²) in [7, 11) is 0. The largest absolute Gasteiger partial charge is 0.455 e. The van der Waals surface area contributed by atoms with Crippen LogP contribution in [0.3, 0.4) is 0 Å². The van der Waals surface area contributed by atoms with Gasteiger partial charge in [0.15, 0.2) is 5.75 Å². The maximum absolute atomic E-state index is 12.6. The minimum atomic E-state index is -0.275. The van der Waals surface area contributed by atoms with Crippen LogP contribution in [0.5, 0.6) is 11.5 Å². The molecule has 0 aromatic heterocycles. The van der Waals surface area contributed by atoms with E-state index in [0.717, 1.165) is 0 Å². The highest BCUT2D eigenvalue weighted by atomic mass is 16.5. The Labute approximate surface area is 170 Å². The van der Waals surface area contributed by atoms with Gasteiger partial charge in [-0.3, -0.25) is 9.59 Å². The molecular weight excluding hydrogens is 364 g/mol. The molecule has 0 heterocycles. The van der Waals surface area contributed by atoms with Gasteiger partial charge in [0, 0.05) is 17.7 Å². The van der Waals surface area contributed by atoms with E-state index in [-0.39, 0.29) is 11.8 Å². The van der Waals surface area contributed by atoms with Gasteiger partial charge in [-0.05, 0) is 54.4 Å². The first-order valence-corrected chi connectivity index (χ1v) is 9.54. The second kappa shape index (κ2) is 9.55. The Bertz CT molecular complexity index is 967. The number of amides is 2. The van der Waals surface area contributed by atoms with Crippen molar-refractivity contribution >= 4 is 17.5 Å². The number of nitrogens with one attached hydrogen (secondary N) is 2. The van der Waals surface area contributed by atoms with E-state index in [9.17, 15) is 9.59 Å². The monoisotopic (exact) mass is 388 g/mol. The number of anilines is 1. The van der Waals surface area contributed by atoms with Crippen LogP contribution >= 0.6 is 0 Å². The first kappa shape index (κ1) is 20.1. The summed E-state index contributed by atoms with van der Waals surface area (Å²) in [4.78, 5) is 24.8. The number of benzene rings is 3. The van der Waals surface area contributed by atoms with Crippen molar-refractivity contribution in [3.05, 3.63) is 90.0 Å². The molecule has 0 saturated heterocycles. The van der Waals surface area contributed by atoms with Crippen molar-refractivity contribution in [1.29, 1.82) is 0 Å². The maximum atomic E-state index is 12.6. The number of carbonyl (C=O) groups is 2. The zero-order chi connectivity index (χ0) is 20.6. The molecule has 0 aliphatic rings. The third-order valence-electron chi connectivity index (χ3n) is 4.19. The molecular formula is C24H24N2O3. The lowest BCUT2D eigenvalue weighted by Crippen LogP contribution is -2.27. The molecule has 0 fully saturated rings. The summed E-state index contributed by atoms with van der Waals surface area (Å²) in [6.07, 6.45) is 0. The van der Waals surface area contributed by atoms with Crippen LogP contribution in [0.1, 0.15) is 34.6 Å². The van der Waals surface area contributed by atoms with E-state index in [0.29, 0.717) is 40.8 Å². The molecule has 2 amide bonds. The van der Waals surface area contributed by atoms with Gasteiger partial charge >= 0.3 is 0 Å². The molecule has 148 valence electrons. The highest BCUT2D eigenvalue weighted by Gasteiger charge is 2.12. The summed E-state index contributed by atoms with van der Waals surface area (Å²) in [5.41, 5.74) is 1.55. The molecule has 3 aromatic carbocycles. The van der Waals surface area contributed by atoms with Crippen LogP contribution < -0.4 is 15.4 Å². The number of hydrogen-bond acceptors (Lipinski definition) is 3. The molecule has 29 heavy (non-hydrogen) atoms. The van der Waals surface area contributed by atoms with Crippen LogP contribution in [0.2, 0.25) is 0 Å². The summed E-state index contributed by atoms with van der Waals surface area (Å²) in [6.45, 7) is 4.68. The fourth-order valence-electron chi connectivity index (χ4n) is 2.64. The molecule has 0 radical (unpaired) electrons. The summed E-state index contributed by atoms with van der Waals surface area (Å²) >= 11 is 0. The van der Waals surface area contributed by atoms with Gasteiger partial charge in [-0.1, -0.05) is 44.2 Å². The molecule has 3 rings (SSSR count). The molecule has 5 heteroatoms. The Morgan fingerprint density at radius 1 is 0.793 bits per heavy atom. The Kier molecular flexibility index (Phi) is 6.63. The van der Waals surface area contributed by atoms with Crippen LogP contribution in [0, 0.1) is 5.92 Å². The van der Waals surface area contributed by atoms with Crippen molar-refractivity contribution in [2.75, 3.05) is 11.9 Å². The van der Waals surface area contributed by atoms with Gasteiger partial charge in [-0.25, -0.2) is 0 Å². The summed E-state index contributed by atoms with van der Waals surface area (Å²) < 4.78 is 5.88. The van der Waals surface area contributed by atoms with E-state index in [1.165, 1.54) is 0 Å². The van der Waals surface area contributed by atoms with E-state index >= 15 is 0 Å². The predicted octanol–water partition coefficient (Wildman–Crippen LogP) is 5.12. The smallest absolute Gasteiger partial charge is 0.255 e. The highest BCUT2D eigenvalue weighted by molar-refractivity contribution is 6.05. The summed E-state index contributed by atoms with van der Waals surface area (Å²) in [5, 5.41) is 5.73. The third kappa shape index (κ3) is 5.69. The Morgan fingerprint density at radius 2 is 1.38 bits per heavy atom. The Hall–Kier alpha value is -3.60. The van der Waals surface area contributed by atoms with E-state index in [2.05, 4.69) is 10.6 Å². The molecule has 0 atom stereocenters. The second-order valence-electron chi connectivity index (χ2n) is 7.05. The minimum absolute atomic E-state index is 0.146. The predicted molar refractivity (Wildman–Crippen MR) is 115 cm³/mol. The summed E-state index contributed by atoms with van der Waals surface area (Å²) in [6, 6.07) is 23.2. The summed E-state index contributed by atoms with van der Waals surface area (Å²) in [5.74, 6) is 1.19. The lowest BCUT2D eigenvalue weighted by molar-refractivity contribution is 0.0947. The zero-order valence-corrected chi connectivity index (χ0v) is 16.5. The minimum Gasteiger partial charge on any atom is -0.455 e. The van der Waals surface area contributed by atoms with Crippen molar-refractivity contribution < 1.29 is 14.3 Å². The van der Waals surface area contributed by atoms with Crippen LogP contribution in [-0.4, -0.2) is 18.4 Å². The number of hydrogen-bond donors (Lipinski definition) is 2. The average molecular weight is 388 g/mol. The van der Waals surface area contributed by atoms with Crippen LogP contribution in [-0.2, 0) is 0 Å². The number of carbonyl (C=O) groups excluding carboxylic acids is 2. The maximum Gasteiger partial charge on any atom is 0.255 e. The van der Waals surface area contributed by atoms with E-state index in [1.54, 1.807) is 36.4 Å². The van der Waals surface area contributed by atoms with Crippen molar-refractivity contribution in [2.24, 2.45) is 5.92 Å². The van der Waals surface area contributed by atoms with Crippen LogP contribution in [0.4, 0.5) is 5.69 Å². The fourth-order valence-corrected chi connectivity index (χ4v) is 2.64. The molecule has 3 aromatic rings. The van der Waals surface area contributed by atoms with Crippen molar-refractivity contribution in [3.8, 4) is 11.5 Å². The van der Waals surface area contributed by atoms with E-state index < -0.39 is 0 Å². The Balaban J connectivity index is 1.68. The van der Waals surface area contributed by atoms with Crippen molar-refractivity contribution in [3.63, 3.8) is 0 Å². The van der Waals surface area contributed by atoms with E-state index in [1.807, 2.05) is 56.3 Å². The molecule has 2 N–H and O–H groups in total. The molecule has 0 aliphatic heterocycles. The van der Waals surface area contributed by atoms with Crippen LogP contribution in [0.15, 0.2) is 78.9 Å². The van der Waals surface area contributed by atoms with Gasteiger partial charge in [0.25, 0.3) is 11.8 Å². The average Bonchev–Trinajstić information content (AvgIpc) is 2.74. The second-order valence-corrected chi connectivity index (χ2v) is 7.05. The van der Waals surface area contributed by atoms with Crippen molar-refractivity contribution in [2.45, 2.75) is 13.8 Å². The van der Waals surface area contributed by atoms with E-state index in [4.69, 9.17) is 4.74 Å². The van der Waals surface area contributed by atoms with Gasteiger partial charge in [0.2, 0.25) is 0 Å². The number of ether oxygens (including phenoxy) is 1. The van der Waals surface area contributed by atoms with Gasteiger partial charge in [0.1, 0.15) is 5.75 Å². The Morgan fingerprint density at radius 3 is 2.03 bits per heavy atom. The lowest BCUT2D eigenvalue weighted by atomic mass is 10.1. The normalized spacial score (nSPS) is 10.4. The first-order chi connectivity index (χ1) is 14.0. The van der Waals surface area contributed by atoms with Crippen molar-refractivity contribution in [1.82, 2.24) is 5.32 Å². The topological polar surface area (TPSA) is 67.4 Å². The molecule has 0 saturated carbocycles. The molecule has 0 aliphatic carbocycles. The fraction of sp³-hybridized carbons (Fsp3) is 0.167. The van der Waals surface area contributed by atoms with Gasteiger partial charge in [-0.2, -0.15) is 0 Å². The quantitative estimate of drug-likeness (QED) is 0.590. The molecule has 5 nitrogen and oxygen atoms in total. The first-order valence-electron chi connectivity index (χ1n) is 9.54. The highest BCUT2D eigenvalue weighted by Crippen LogP contribution is 2.29.